The van der Waals surface area contributed by atoms with Crippen LogP contribution >= 0.6 is 11.6 Å². The molecular weight excluding hydrogens is 492 g/mol. The van der Waals surface area contributed by atoms with Gasteiger partial charge in [-0.2, -0.15) is 0 Å². The van der Waals surface area contributed by atoms with Crippen molar-refractivity contribution in [1.29, 1.82) is 0 Å². The van der Waals surface area contributed by atoms with E-state index >= 15 is 0 Å². The largest absolute Gasteiger partial charge is 0.481 e. The lowest BCUT2D eigenvalue weighted by Crippen LogP contribution is -2.13. The molecule has 198 valence electrons. The Bertz CT molecular complexity index is 1270. The lowest BCUT2D eigenvalue weighted by atomic mass is 9.87. The van der Waals surface area contributed by atoms with Gasteiger partial charge in [-0.25, -0.2) is 0 Å². The summed E-state index contributed by atoms with van der Waals surface area (Å²) >= 11 is 6.06. The first-order valence-electron chi connectivity index (χ1n) is 12.9. The first-order valence-corrected chi connectivity index (χ1v) is 13.3. The Labute approximate surface area is 222 Å². The second-order valence-corrected chi connectivity index (χ2v) is 11.9. The Hall–Kier alpha value is -2.93. The van der Waals surface area contributed by atoms with Crippen LogP contribution in [0.3, 0.4) is 0 Å². The molecule has 0 amide bonds. The number of halogens is 1. The van der Waals surface area contributed by atoms with Gasteiger partial charge in [0.05, 0.1) is 5.69 Å². The van der Waals surface area contributed by atoms with Crippen LogP contribution in [0.1, 0.15) is 99.3 Å². The summed E-state index contributed by atoms with van der Waals surface area (Å²) in [7, 11) is 0. The lowest BCUT2D eigenvalue weighted by Gasteiger charge is -2.16. The summed E-state index contributed by atoms with van der Waals surface area (Å²) in [5.74, 6) is 0.411. The number of benzene rings is 1. The molecule has 7 nitrogen and oxygen atoms in total. The molecule has 0 spiro atoms. The molecule has 2 heterocycles. The Morgan fingerprint density at radius 2 is 1.92 bits per heavy atom. The first-order chi connectivity index (χ1) is 17.5. The zero-order chi connectivity index (χ0) is 26.7. The highest BCUT2D eigenvalue weighted by atomic mass is 35.5. The molecule has 1 aliphatic carbocycles. The molecule has 1 fully saturated rings. The molecule has 0 radical (unpaired) electrons. The van der Waals surface area contributed by atoms with E-state index in [4.69, 9.17) is 20.6 Å². The number of aryl methyl sites for hydroxylation is 2. The summed E-state index contributed by atoms with van der Waals surface area (Å²) in [6, 6.07) is 7.40. The third-order valence-electron chi connectivity index (χ3n) is 6.91. The zero-order valence-corrected chi connectivity index (χ0v) is 22.7. The van der Waals surface area contributed by atoms with Crippen molar-refractivity contribution in [3.63, 3.8) is 0 Å². The zero-order valence-electron chi connectivity index (χ0n) is 22.0. The van der Waals surface area contributed by atoms with Gasteiger partial charge in [-0.3, -0.25) is 9.59 Å². The van der Waals surface area contributed by atoms with Gasteiger partial charge in [-0.1, -0.05) is 48.8 Å². The third-order valence-corrected chi connectivity index (χ3v) is 7.15. The SMILES string of the molecule is Cc1cc(Cl)ccc1CC(=O)C[C@H](CCC(=O)O)c1noc(-c2cc(CCC(C)(C)C)on2)c1C1CC1. The molecular formula is C29H35ClN2O5. The van der Waals surface area contributed by atoms with E-state index in [1.54, 1.807) is 6.07 Å². The molecule has 37 heavy (non-hydrogen) atoms. The van der Waals surface area contributed by atoms with Crippen LogP contribution in [0.5, 0.6) is 0 Å². The second-order valence-electron chi connectivity index (χ2n) is 11.4. The summed E-state index contributed by atoms with van der Waals surface area (Å²) in [6.45, 7) is 8.49. The standard InChI is InChI=1S/C29H35ClN2O5/c1-17-13-21(30)9-7-19(17)14-22(33)15-20(8-10-25(34)35)27-26(18-5-6-18)28(37-32-27)24-16-23(36-31-24)11-12-29(2,3)4/h7,9,13,16,18,20H,5-6,8,10-12,14-15H2,1-4H3,(H,34,35)/t20-/m0/s1. The monoisotopic (exact) mass is 526 g/mol. The molecule has 8 heteroatoms. The Kier molecular flexibility index (Phi) is 8.22. The van der Waals surface area contributed by atoms with Gasteiger partial charge in [-0.15, -0.1) is 0 Å². The lowest BCUT2D eigenvalue weighted by molar-refractivity contribution is -0.137. The van der Waals surface area contributed by atoms with Crippen LogP contribution in [0, 0.1) is 12.3 Å². The van der Waals surface area contributed by atoms with Gasteiger partial charge in [-0.05, 0) is 67.2 Å². The van der Waals surface area contributed by atoms with Crippen molar-refractivity contribution in [2.45, 2.75) is 90.9 Å². The quantitative estimate of drug-likeness (QED) is 0.264. The van der Waals surface area contributed by atoms with Gasteiger partial charge in [0.2, 0.25) is 0 Å². The molecule has 2 aromatic heterocycles. The number of hydrogen-bond acceptors (Lipinski definition) is 6. The molecule has 0 unspecified atom stereocenters. The summed E-state index contributed by atoms with van der Waals surface area (Å²) in [6.07, 6.45) is 4.45. The number of carbonyl (C=O) groups excluding carboxylic acids is 1. The average Bonchev–Trinajstić information content (AvgIpc) is 3.37. The first kappa shape index (κ1) is 27.1. The highest BCUT2D eigenvalue weighted by Gasteiger charge is 2.37. The van der Waals surface area contributed by atoms with Crippen molar-refractivity contribution in [2.75, 3.05) is 0 Å². The summed E-state index contributed by atoms with van der Waals surface area (Å²) in [5, 5.41) is 18.6. The van der Waals surface area contributed by atoms with Gasteiger partial charge >= 0.3 is 5.97 Å². The van der Waals surface area contributed by atoms with Gasteiger partial charge in [0.25, 0.3) is 0 Å². The molecule has 1 aromatic carbocycles. The van der Waals surface area contributed by atoms with E-state index in [0.717, 1.165) is 48.1 Å². The second kappa shape index (κ2) is 11.2. The predicted octanol–water partition coefficient (Wildman–Crippen LogP) is 7.30. The van der Waals surface area contributed by atoms with Crippen molar-refractivity contribution in [2.24, 2.45) is 5.41 Å². The minimum atomic E-state index is -0.900. The minimum Gasteiger partial charge on any atom is -0.481 e. The van der Waals surface area contributed by atoms with Crippen molar-refractivity contribution in [1.82, 2.24) is 10.3 Å². The Balaban J connectivity index is 1.58. The molecule has 1 saturated carbocycles. The van der Waals surface area contributed by atoms with Crippen LogP contribution in [0.4, 0.5) is 0 Å². The number of aliphatic carboxylic acids is 1. The molecule has 0 saturated heterocycles. The molecule has 1 atom stereocenters. The number of carboxylic acid groups (broad SMARTS) is 1. The van der Waals surface area contributed by atoms with E-state index in [-0.39, 0.29) is 42.3 Å². The minimum absolute atomic E-state index is 0.0259. The van der Waals surface area contributed by atoms with Crippen LogP contribution in [0.2, 0.25) is 5.02 Å². The normalized spacial score (nSPS) is 14.6. The number of nitrogens with zero attached hydrogens (tertiary/aromatic N) is 2. The van der Waals surface area contributed by atoms with Crippen LogP contribution in [-0.4, -0.2) is 27.2 Å². The van der Waals surface area contributed by atoms with Crippen LogP contribution in [0.15, 0.2) is 33.3 Å². The predicted molar refractivity (Wildman–Crippen MR) is 141 cm³/mol. The maximum absolute atomic E-state index is 13.1. The van der Waals surface area contributed by atoms with Crippen molar-refractivity contribution < 1.29 is 23.7 Å². The highest BCUT2D eigenvalue weighted by molar-refractivity contribution is 6.30. The molecule has 4 rings (SSSR count). The van der Waals surface area contributed by atoms with Gasteiger partial charge in [0.15, 0.2) is 11.5 Å². The van der Waals surface area contributed by atoms with Crippen molar-refractivity contribution in [3.8, 4) is 11.5 Å². The maximum atomic E-state index is 13.1. The molecule has 1 N–H and O–H groups in total. The Morgan fingerprint density at radius 3 is 2.57 bits per heavy atom. The number of Topliss-reactive ketones (excluding diaryl/α,β-unsaturated/α-hetero) is 1. The summed E-state index contributed by atoms with van der Waals surface area (Å²) < 4.78 is 11.4. The molecule has 3 aromatic rings. The third kappa shape index (κ3) is 7.31. The molecule has 0 bridgehead atoms. The van der Waals surface area contributed by atoms with E-state index in [1.807, 2.05) is 25.1 Å². The fraction of sp³-hybridized carbons (Fsp3) is 0.517. The maximum Gasteiger partial charge on any atom is 0.303 e. The number of rotatable bonds is 12. The average molecular weight is 527 g/mol. The van der Waals surface area contributed by atoms with E-state index in [1.165, 1.54) is 0 Å². The molecule has 0 aliphatic heterocycles. The number of carbonyl (C=O) groups is 2. The molecule has 1 aliphatic rings. The van der Waals surface area contributed by atoms with Gasteiger partial charge < -0.3 is 14.2 Å². The number of carboxylic acids is 1. The smallest absolute Gasteiger partial charge is 0.303 e. The Morgan fingerprint density at radius 1 is 1.16 bits per heavy atom. The van der Waals surface area contributed by atoms with Crippen LogP contribution < -0.4 is 0 Å². The summed E-state index contributed by atoms with van der Waals surface area (Å²) in [4.78, 5) is 24.6. The van der Waals surface area contributed by atoms with Gasteiger partial charge in [0.1, 0.15) is 11.5 Å². The topological polar surface area (TPSA) is 106 Å². The van der Waals surface area contributed by atoms with Gasteiger partial charge in [0, 0.05) is 48.3 Å². The fourth-order valence-electron chi connectivity index (χ4n) is 4.64. The van der Waals surface area contributed by atoms with E-state index in [9.17, 15) is 14.7 Å². The summed E-state index contributed by atoms with van der Waals surface area (Å²) in [5.41, 5.74) is 4.28. The van der Waals surface area contributed by atoms with Crippen molar-refractivity contribution in [3.05, 3.63) is 57.4 Å². The number of aromatic nitrogens is 2. The number of hydrogen-bond donors (Lipinski definition) is 1. The van der Waals surface area contributed by atoms with E-state index < -0.39 is 5.97 Å². The van der Waals surface area contributed by atoms with E-state index in [0.29, 0.717) is 28.6 Å². The number of ketones is 1. The fourth-order valence-corrected chi connectivity index (χ4v) is 4.87. The van der Waals surface area contributed by atoms with Crippen LogP contribution in [-0.2, 0) is 22.4 Å². The van der Waals surface area contributed by atoms with E-state index in [2.05, 4.69) is 31.1 Å². The van der Waals surface area contributed by atoms with Crippen molar-refractivity contribution >= 4 is 23.4 Å². The highest BCUT2D eigenvalue weighted by Crippen LogP contribution is 2.48. The van der Waals surface area contributed by atoms with Crippen LogP contribution in [0.25, 0.3) is 11.5 Å².